The number of benzene rings is 1. The molecule has 0 amide bonds. The zero-order chi connectivity index (χ0) is 10.5. The molecule has 2 rings (SSSR count). The van der Waals surface area contributed by atoms with E-state index in [1.165, 1.54) is 6.07 Å². The molecule has 0 unspecified atom stereocenters. The first kappa shape index (κ1) is 9.59. The quantitative estimate of drug-likeness (QED) is 0.735. The molecule has 0 saturated heterocycles. The maximum absolute atomic E-state index is 13.4. The molecule has 1 aromatic rings. The summed E-state index contributed by atoms with van der Waals surface area (Å²) in [6.07, 6.45) is 0. The van der Waals surface area contributed by atoms with E-state index in [1.807, 2.05) is 13.8 Å². The highest BCUT2D eigenvalue weighted by Gasteiger charge is 2.57. The Morgan fingerprint density at radius 1 is 1.29 bits per heavy atom. The van der Waals surface area contributed by atoms with E-state index in [2.05, 4.69) is 0 Å². The van der Waals surface area contributed by atoms with Crippen LogP contribution < -0.4 is 5.73 Å². The zero-order valence-electron chi connectivity index (χ0n) is 8.22. The molecule has 76 valence electrons. The van der Waals surface area contributed by atoms with Crippen molar-refractivity contribution in [1.82, 2.24) is 0 Å². The molecule has 0 bridgehead atoms. The Bertz CT molecular complexity index is 374. The number of nitrogens with two attached hydrogens (primary N) is 1. The monoisotopic (exact) mass is 197 g/mol. The van der Waals surface area contributed by atoms with E-state index in [1.54, 1.807) is 6.07 Å². The maximum Gasteiger partial charge on any atom is 0.162 e. The van der Waals surface area contributed by atoms with E-state index in [9.17, 15) is 8.78 Å². The van der Waals surface area contributed by atoms with E-state index in [0.717, 1.165) is 6.07 Å². The molecule has 0 aliphatic heterocycles. The molecule has 2 N–H and O–H groups in total. The van der Waals surface area contributed by atoms with E-state index >= 15 is 0 Å². The minimum Gasteiger partial charge on any atom is -0.327 e. The summed E-state index contributed by atoms with van der Waals surface area (Å²) in [5, 5.41) is 0. The van der Waals surface area contributed by atoms with Crippen molar-refractivity contribution in [3.63, 3.8) is 0 Å². The third-order valence-corrected chi connectivity index (χ3v) is 3.23. The normalized spacial score (nSPS) is 28.9. The first-order chi connectivity index (χ1) is 6.46. The fourth-order valence-electron chi connectivity index (χ4n) is 2.03. The van der Waals surface area contributed by atoms with E-state index in [-0.39, 0.29) is 17.4 Å². The highest BCUT2D eigenvalue weighted by molar-refractivity contribution is 5.35. The summed E-state index contributed by atoms with van der Waals surface area (Å²) < 4.78 is 26.3. The van der Waals surface area contributed by atoms with Crippen molar-refractivity contribution in [3.8, 4) is 0 Å². The summed E-state index contributed by atoms with van der Waals surface area (Å²) >= 11 is 0. The average Bonchev–Trinajstić information content (AvgIpc) is 2.59. The molecule has 1 saturated carbocycles. The highest BCUT2D eigenvalue weighted by Crippen LogP contribution is 2.57. The molecular weight excluding hydrogens is 184 g/mol. The van der Waals surface area contributed by atoms with Gasteiger partial charge in [0, 0.05) is 12.0 Å². The van der Waals surface area contributed by atoms with Crippen molar-refractivity contribution in [3.05, 3.63) is 35.4 Å². The van der Waals surface area contributed by atoms with Crippen molar-refractivity contribution in [2.45, 2.75) is 25.8 Å². The van der Waals surface area contributed by atoms with Gasteiger partial charge in [-0.3, -0.25) is 0 Å². The van der Waals surface area contributed by atoms with Crippen molar-refractivity contribution in [1.29, 1.82) is 0 Å². The van der Waals surface area contributed by atoms with Gasteiger partial charge >= 0.3 is 0 Å². The fraction of sp³-hybridized carbons (Fsp3) is 0.455. The molecule has 0 aromatic heterocycles. The van der Waals surface area contributed by atoms with Crippen LogP contribution in [0.1, 0.15) is 25.3 Å². The van der Waals surface area contributed by atoms with Crippen LogP contribution in [-0.4, -0.2) is 6.04 Å². The Morgan fingerprint density at radius 3 is 2.36 bits per heavy atom. The van der Waals surface area contributed by atoms with Gasteiger partial charge in [-0.25, -0.2) is 8.78 Å². The summed E-state index contributed by atoms with van der Waals surface area (Å²) in [6.45, 7) is 3.93. The van der Waals surface area contributed by atoms with Gasteiger partial charge in [0.2, 0.25) is 0 Å². The van der Waals surface area contributed by atoms with Gasteiger partial charge in [-0.1, -0.05) is 26.0 Å². The lowest BCUT2D eigenvalue weighted by Gasteiger charge is -2.04. The number of hydrogen-bond acceptors (Lipinski definition) is 1. The van der Waals surface area contributed by atoms with Gasteiger partial charge in [0.15, 0.2) is 11.6 Å². The van der Waals surface area contributed by atoms with Gasteiger partial charge in [0.05, 0.1) is 0 Å². The minimum atomic E-state index is -0.794. The summed E-state index contributed by atoms with van der Waals surface area (Å²) in [6, 6.07) is 4.19. The van der Waals surface area contributed by atoms with Crippen LogP contribution in [0.4, 0.5) is 8.78 Å². The van der Waals surface area contributed by atoms with Gasteiger partial charge in [0.1, 0.15) is 0 Å². The first-order valence-corrected chi connectivity index (χ1v) is 4.65. The molecule has 14 heavy (non-hydrogen) atoms. The van der Waals surface area contributed by atoms with Crippen molar-refractivity contribution < 1.29 is 8.78 Å². The Balaban J connectivity index is 2.40. The Hall–Kier alpha value is -0.960. The van der Waals surface area contributed by atoms with Gasteiger partial charge in [0.25, 0.3) is 0 Å². The van der Waals surface area contributed by atoms with Gasteiger partial charge in [-0.05, 0) is 17.0 Å². The van der Waals surface area contributed by atoms with Crippen LogP contribution in [0.3, 0.4) is 0 Å². The van der Waals surface area contributed by atoms with Crippen molar-refractivity contribution in [2.75, 3.05) is 0 Å². The second-order valence-electron chi connectivity index (χ2n) is 4.47. The predicted molar refractivity (Wildman–Crippen MR) is 50.9 cm³/mol. The summed E-state index contributed by atoms with van der Waals surface area (Å²) in [4.78, 5) is 0. The highest BCUT2D eigenvalue weighted by atomic mass is 19.2. The molecule has 2 atom stereocenters. The number of rotatable bonds is 1. The second kappa shape index (κ2) is 2.76. The number of hydrogen-bond donors (Lipinski definition) is 1. The Labute approximate surface area is 81.9 Å². The van der Waals surface area contributed by atoms with E-state index < -0.39 is 11.6 Å². The maximum atomic E-state index is 13.4. The van der Waals surface area contributed by atoms with Crippen molar-refractivity contribution in [2.24, 2.45) is 11.1 Å². The molecule has 0 radical (unpaired) electrons. The Morgan fingerprint density at radius 2 is 1.86 bits per heavy atom. The van der Waals surface area contributed by atoms with Crippen LogP contribution in [0.15, 0.2) is 18.2 Å². The lowest BCUT2D eigenvalue weighted by molar-refractivity contribution is 0.492. The smallest absolute Gasteiger partial charge is 0.162 e. The largest absolute Gasteiger partial charge is 0.327 e. The molecule has 3 heteroatoms. The molecule has 1 aromatic carbocycles. The number of halogens is 2. The van der Waals surface area contributed by atoms with Crippen LogP contribution in [0, 0.1) is 17.0 Å². The van der Waals surface area contributed by atoms with Gasteiger partial charge in [-0.2, -0.15) is 0 Å². The standard InChI is InChI=1S/C11H13F2N/c1-11(2)8(10(11)14)6-4-3-5-7(12)9(6)13/h3-5,8,10H,14H2,1-2H3/t8-,10-/m1/s1. The zero-order valence-corrected chi connectivity index (χ0v) is 8.22. The minimum absolute atomic E-state index is 0.0572. The van der Waals surface area contributed by atoms with Crippen LogP contribution in [0.5, 0.6) is 0 Å². The molecule has 0 spiro atoms. The second-order valence-corrected chi connectivity index (χ2v) is 4.47. The molecule has 1 fully saturated rings. The van der Waals surface area contributed by atoms with Gasteiger partial charge < -0.3 is 5.73 Å². The predicted octanol–water partition coefficient (Wildman–Crippen LogP) is 2.42. The first-order valence-electron chi connectivity index (χ1n) is 4.65. The topological polar surface area (TPSA) is 26.0 Å². The summed E-state index contributed by atoms with van der Waals surface area (Å²) in [5.41, 5.74) is 6.09. The van der Waals surface area contributed by atoms with Crippen LogP contribution in [0.25, 0.3) is 0 Å². The van der Waals surface area contributed by atoms with Crippen LogP contribution >= 0.6 is 0 Å². The third-order valence-electron chi connectivity index (χ3n) is 3.23. The third kappa shape index (κ3) is 1.16. The molecule has 1 nitrogen and oxygen atoms in total. The Kier molecular flexibility index (Phi) is 1.89. The fourth-order valence-corrected chi connectivity index (χ4v) is 2.03. The summed E-state index contributed by atoms with van der Waals surface area (Å²) in [5.74, 6) is -1.60. The molecule has 0 heterocycles. The molecular formula is C11H13F2N. The average molecular weight is 197 g/mol. The molecule has 1 aliphatic rings. The summed E-state index contributed by atoms with van der Waals surface area (Å²) in [7, 11) is 0. The van der Waals surface area contributed by atoms with Crippen molar-refractivity contribution >= 4 is 0 Å². The lowest BCUT2D eigenvalue weighted by Crippen LogP contribution is -2.06. The van der Waals surface area contributed by atoms with Gasteiger partial charge in [-0.15, -0.1) is 0 Å². The van der Waals surface area contributed by atoms with E-state index in [4.69, 9.17) is 5.73 Å². The van der Waals surface area contributed by atoms with Crippen LogP contribution in [-0.2, 0) is 0 Å². The van der Waals surface area contributed by atoms with E-state index in [0.29, 0.717) is 5.56 Å². The SMILES string of the molecule is CC1(C)[C@H](N)[C@H]1c1cccc(F)c1F. The van der Waals surface area contributed by atoms with Crippen LogP contribution in [0.2, 0.25) is 0 Å². The lowest BCUT2D eigenvalue weighted by atomic mass is 10.0. The molecule has 1 aliphatic carbocycles.